The highest BCUT2D eigenvalue weighted by atomic mass is 31.2. The Morgan fingerprint density at radius 2 is 1.06 bits per heavy atom. The number of aliphatic hydroxyl groups excluding tert-OH is 14. The van der Waals surface area contributed by atoms with Gasteiger partial charge in [-0.2, -0.15) is 0 Å². The van der Waals surface area contributed by atoms with Crippen LogP contribution >= 0.6 is 7.82 Å². The first kappa shape index (κ1) is 65.4. The number of phosphoric acid groups is 1. The largest absolute Gasteiger partial charge is 0.477 e. The van der Waals surface area contributed by atoms with E-state index in [-0.39, 0.29) is 0 Å². The molecule has 78 heavy (non-hydrogen) atoms. The minimum absolute atomic E-state index is 0.749. The molecule has 0 saturated carbocycles. The van der Waals surface area contributed by atoms with Gasteiger partial charge in [0.25, 0.3) is 17.4 Å². The van der Waals surface area contributed by atoms with Gasteiger partial charge >= 0.3 is 25.7 Å². The summed E-state index contributed by atoms with van der Waals surface area (Å²) in [5.41, 5.74) is 0. The molecule has 0 aliphatic carbocycles. The van der Waals surface area contributed by atoms with Crippen molar-refractivity contribution < 1.29 is 172 Å². The zero-order chi connectivity index (χ0) is 58.7. The van der Waals surface area contributed by atoms with Gasteiger partial charge in [0.05, 0.1) is 51.3 Å². The third-order valence-electron chi connectivity index (χ3n) is 13.2. The van der Waals surface area contributed by atoms with Crippen LogP contribution in [0, 0.1) is 0 Å². The van der Waals surface area contributed by atoms with Crippen molar-refractivity contribution in [3.8, 4) is 0 Å². The maximum atomic E-state index is 13.3. The Morgan fingerprint density at radius 3 is 1.56 bits per heavy atom. The van der Waals surface area contributed by atoms with E-state index in [2.05, 4.69) is 10.6 Å². The van der Waals surface area contributed by atoms with Gasteiger partial charge in [-0.1, -0.05) is 0 Å². The lowest BCUT2D eigenvalue weighted by molar-refractivity contribution is -0.380. The number of hydrogen-bond donors (Lipinski definition) is 21. The molecule has 0 aromatic carbocycles. The Morgan fingerprint density at radius 1 is 0.590 bits per heavy atom. The van der Waals surface area contributed by atoms with Gasteiger partial charge in [0, 0.05) is 33.1 Å². The standard InChI is InChI=1S/C40H65N2O35P/c1-11(45)41-21-27(56)25(54)19(71-33(21)58)9-68-34-22(42-12(2)46)28(57)32(77-78(65,66)67)20(72-34)10-70-39(36(61)62)5-18(26(55)30(75-39)16(50)7-44)73-40(37(63)64)4-14(48)24(53)31(76-40)17(51)8-69-38(35(59)60)3-13(47)23(52)29(74-38)15(49)6-43/h13-34,43-44,47-58H,3-10H2,1-2H3,(H,41,45)(H,42,46)(H,59,60)(H,61,62)(H,63,64)(H2,65,66,67)/t13-,14?,15-,16-,17-,18-,19-,20-,21-,22-,23-,24-,25-,26-,27-,28-,29-,30-,31-,32-,33+,34-,38-,39-,40-/m1/s1. The maximum Gasteiger partial charge on any atom is 0.470 e. The van der Waals surface area contributed by atoms with Crippen LogP contribution in [0.1, 0.15) is 33.1 Å². The number of amides is 2. The predicted octanol–water partition coefficient (Wildman–Crippen LogP) is -12.0. The van der Waals surface area contributed by atoms with Crippen molar-refractivity contribution >= 4 is 37.5 Å². The van der Waals surface area contributed by atoms with Gasteiger partial charge in [-0.15, -0.1) is 0 Å². The maximum absolute atomic E-state index is 13.3. The normalized spacial score (nSPS) is 42.7. The molecule has 1 unspecified atom stereocenters. The minimum atomic E-state index is -5.75. The fraction of sp³-hybridized carbons (Fsp3) is 0.875. The number of aliphatic hydroxyl groups is 14. The highest BCUT2D eigenvalue weighted by Gasteiger charge is 2.63. The van der Waals surface area contributed by atoms with E-state index < -0.39 is 242 Å². The molecular weight excluding hydrogens is 1100 g/mol. The Bertz CT molecular complexity index is 2130. The van der Waals surface area contributed by atoms with E-state index in [0.717, 1.165) is 13.8 Å². The van der Waals surface area contributed by atoms with E-state index >= 15 is 0 Å². The van der Waals surface area contributed by atoms with Gasteiger partial charge in [0.2, 0.25) is 11.8 Å². The summed E-state index contributed by atoms with van der Waals surface area (Å²) in [7, 11) is -5.75. The summed E-state index contributed by atoms with van der Waals surface area (Å²) >= 11 is 0. The average molecular weight is 1160 g/mol. The first-order valence-electron chi connectivity index (χ1n) is 23.5. The quantitative estimate of drug-likeness (QED) is 0.0423. The van der Waals surface area contributed by atoms with Crippen molar-refractivity contribution in [3.63, 3.8) is 0 Å². The highest BCUT2D eigenvalue weighted by molar-refractivity contribution is 7.46. The van der Waals surface area contributed by atoms with Crippen LogP contribution in [-0.2, 0) is 75.7 Å². The SMILES string of the molecule is CC(=O)N[C@@H]1[C@@H](O)[C@H](O)[C@@H](CO[C@@H]2O[C@H](CO[C@]3(C(=O)O)C[C@@H](O[C@]4(C(=O)O)CC(O)[C@@H](O)[C@@H]([C@H](O)CO[C@]5(C(=O)O)C[C@@H](O)[C@@H](O)[C@@H]([C@H](O)CO)O5)O4)[C@@H](O)[C@@H]([C@H](O)CO)O3)[C@@H](OP(=O)(O)O)[C@H](O)[C@H]2NC(C)=O)O[C@@H]1O. The van der Waals surface area contributed by atoms with Gasteiger partial charge in [0.15, 0.2) is 12.6 Å². The fourth-order valence-electron chi connectivity index (χ4n) is 9.24. The Balaban J connectivity index is 1.44. The summed E-state index contributed by atoms with van der Waals surface area (Å²) in [6, 6.07) is -3.47. The third kappa shape index (κ3) is 14.6. The van der Waals surface area contributed by atoms with Crippen molar-refractivity contribution in [2.75, 3.05) is 33.0 Å². The molecule has 5 saturated heterocycles. The number of phosphoric ester groups is 1. The van der Waals surface area contributed by atoms with Crippen LogP contribution in [-0.4, -0.2) is 311 Å². The van der Waals surface area contributed by atoms with Crippen LogP contribution in [0.3, 0.4) is 0 Å². The van der Waals surface area contributed by atoms with Gasteiger partial charge in [0.1, 0.15) is 104 Å². The first-order valence-corrected chi connectivity index (χ1v) is 25.0. The lowest BCUT2D eigenvalue weighted by Crippen LogP contribution is -2.69. The number of carboxylic acid groups (broad SMARTS) is 3. The summed E-state index contributed by atoms with van der Waals surface area (Å²) in [6.45, 7) is -4.29. The first-order chi connectivity index (χ1) is 36.2. The highest BCUT2D eigenvalue weighted by Crippen LogP contribution is 2.44. The lowest BCUT2D eigenvalue weighted by Gasteiger charge is -2.50. The average Bonchev–Trinajstić information content (AvgIpc) is 3.35. The number of nitrogens with one attached hydrogen (secondary N) is 2. The topological polar surface area (TPSA) is 603 Å². The Labute approximate surface area is 438 Å². The van der Waals surface area contributed by atoms with E-state index in [1.54, 1.807) is 0 Å². The van der Waals surface area contributed by atoms with Gasteiger partial charge in [-0.25, -0.2) is 18.9 Å². The molecule has 5 rings (SSSR count). The van der Waals surface area contributed by atoms with Crippen LogP contribution in [0.5, 0.6) is 0 Å². The van der Waals surface area contributed by atoms with Crippen LogP contribution < -0.4 is 10.6 Å². The second-order valence-corrected chi connectivity index (χ2v) is 20.1. The Hall–Kier alpha value is -3.46. The zero-order valence-corrected chi connectivity index (χ0v) is 41.7. The van der Waals surface area contributed by atoms with E-state index in [1.165, 1.54) is 0 Å². The second kappa shape index (κ2) is 26.2. The zero-order valence-electron chi connectivity index (χ0n) is 40.8. The third-order valence-corrected chi connectivity index (χ3v) is 13.7. The van der Waals surface area contributed by atoms with E-state index in [0.29, 0.717) is 0 Å². The van der Waals surface area contributed by atoms with Crippen molar-refractivity contribution in [1.82, 2.24) is 10.6 Å². The van der Waals surface area contributed by atoms with E-state index in [9.17, 15) is 125 Å². The predicted molar refractivity (Wildman–Crippen MR) is 234 cm³/mol. The molecule has 2 amide bonds. The Kier molecular flexibility index (Phi) is 21.9. The van der Waals surface area contributed by atoms with Crippen LogP contribution in [0.2, 0.25) is 0 Å². The van der Waals surface area contributed by atoms with Crippen molar-refractivity contribution in [3.05, 3.63) is 0 Å². The summed E-state index contributed by atoms with van der Waals surface area (Å²) in [4.78, 5) is 82.6. The number of aliphatic carboxylic acids is 3. The molecule has 5 heterocycles. The number of hydrogen-bond acceptors (Lipinski definition) is 30. The molecule has 450 valence electrons. The summed E-state index contributed by atoms with van der Waals surface area (Å²) < 4.78 is 66.5. The number of ether oxygens (including phenoxy) is 9. The van der Waals surface area contributed by atoms with E-state index in [1.807, 2.05) is 0 Å². The minimum Gasteiger partial charge on any atom is -0.477 e. The molecule has 0 spiro atoms. The van der Waals surface area contributed by atoms with Crippen molar-refractivity contribution in [2.45, 2.75) is 185 Å². The van der Waals surface area contributed by atoms with Crippen molar-refractivity contribution in [2.24, 2.45) is 0 Å². The molecule has 0 aromatic rings. The van der Waals surface area contributed by atoms with Gasteiger partial charge in [-0.3, -0.25) is 14.1 Å². The summed E-state index contributed by atoms with van der Waals surface area (Å²) in [5.74, 6) is -18.2. The fourth-order valence-corrected chi connectivity index (χ4v) is 9.82. The molecule has 37 nitrogen and oxygen atoms in total. The summed E-state index contributed by atoms with van der Waals surface area (Å²) in [5, 5.41) is 185. The van der Waals surface area contributed by atoms with Gasteiger partial charge in [-0.05, 0) is 0 Å². The number of carbonyl (C=O) groups is 5. The molecule has 5 aliphatic rings. The molecular formula is C40H65N2O35P. The van der Waals surface area contributed by atoms with Crippen LogP contribution in [0.25, 0.3) is 0 Å². The molecule has 0 aromatic heterocycles. The molecule has 5 aliphatic heterocycles. The van der Waals surface area contributed by atoms with Crippen LogP contribution in [0.15, 0.2) is 0 Å². The molecule has 25 atom stereocenters. The molecule has 38 heteroatoms. The molecule has 0 radical (unpaired) electrons. The molecule has 21 N–H and O–H groups in total. The lowest BCUT2D eigenvalue weighted by atomic mass is 9.89. The van der Waals surface area contributed by atoms with Gasteiger partial charge < -0.3 is 150 Å². The number of rotatable bonds is 23. The van der Waals surface area contributed by atoms with Crippen molar-refractivity contribution in [1.29, 1.82) is 0 Å². The monoisotopic (exact) mass is 1160 g/mol. The van der Waals surface area contributed by atoms with Crippen LogP contribution in [0.4, 0.5) is 0 Å². The number of carbonyl (C=O) groups excluding carboxylic acids is 2. The second-order valence-electron chi connectivity index (χ2n) is 18.9. The number of carboxylic acids is 3. The van der Waals surface area contributed by atoms with E-state index in [4.69, 9.17) is 47.2 Å². The smallest absolute Gasteiger partial charge is 0.470 e. The summed E-state index contributed by atoms with van der Waals surface area (Å²) in [6.07, 6.45) is -47.8. The molecule has 5 fully saturated rings. The molecule has 0 bridgehead atoms.